The molecule has 1 saturated carbocycles. The summed E-state index contributed by atoms with van der Waals surface area (Å²) in [5, 5.41) is 19.5. The third-order valence-electron chi connectivity index (χ3n) is 4.35. The van der Waals surface area contributed by atoms with Crippen molar-refractivity contribution in [2.24, 2.45) is 17.6 Å². The Morgan fingerprint density at radius 1 is 1.39 bits per heavy atom. The van der Waals surface area contributed by atoms with Gasteiger partial charge in [-0.3, -0.25) is 9.59 Å². The largest absolute Gasteiger partial charge is 0.481 e. The fraction of sp³-hybridized carbons (Fsp3) is 0.750. The molecule has 4 unspecified atom stereocenters. The highest BCUT2D eigenvalue weighted by Crippen LogP contribution is 2.57. The molecule has 1 aliphatic carbocycles. The van der Waals surface area contributed by atoms with E-state index in [1.54, 1.807) is 0 Å². The van der Waals surface area contributed by atoms with Gasteiger partial charge in [0.05, 0.1) is 23.0 Å². The minimum atomic E-state index is -3.91. The van der Waals surface area contributed by atoms with Gasteiger partial charge >= 0.3 is 11.9 Å². The molecule has 1 aliphatic heterocycles. The molecule has 23 heavy (non-hydrogen) atoms. The Kier molecular flexibility index (Phi) is 4.66. The highest BCUT2D eigenvalue weighted by Gasteiger charge is 2.79. The van der Waals surface area contributed by atoms with Gasteiger partial charge in [-0.15, -0.1) is 0 Å². The number of carbonyl (C=O) groups excluding carboxylic acids is 1. The summed E-state index contributed by atoms with van der Waals surface area (Å²) >= 11 is 1.46. The second-order valence-electron chi connectivity index (χ2n) is 5.82. The van der Waals surface area contributed by atoms with Crippen LogP contribution in [0.2, 0.25) is 0 Å². The number of carbonyl (C=O) groups is 3. The third kappa shape index (κ3) is 2.92. The molecule has 0 bridgehead atoms. The van der Waals surface area contributed by atoms with E-state index in [0.717, 1.165) is 0 Å². The first-order valence-electron chi connectivity index (χ1n) is 6.83. The highest BCUT2D eigenvalue weighted by atomic mass is 32.2. The van der Waals surface area contributed by atoms with Crippen molar-refractivity contribution in [1.82, 2.24) is 5.32 Å². The normalized spacial score (nSPS) is 35.1. The molecule has 5 N–H and O–H groups in total. The molecule has 11 heteroatoms. The molecule has 0 aromatic rings. The molecule has 5 atom stereocenters. The Balaban J connectivity index is 2.26. The van der Waals surface area contributed by atoms with Gasteiger partial charge in [-0.1, -0.05) is 0 Å². The molecule has 9 nitrogen and oxygen atoms in total. The zero-order valence-corrected chi connectivity index (χ0v) is 13.9. The molecular formula is C12H18N2O7S2. The van der Waals surface area contributed by atoms with Crippen LogP contribution in [0.1, 0.15) is 6.42 Å². The summed E-state index contributed by atoms with van der Waals surface area (Å²) in [5.41, 5.74) is 3.55. The minimum absolute atomic E-state index is 0.298. The number of carboxylic acids is 2. The van der Waals surface area contributed by atoms with E-state index in [1.807, 2.05) is 6.26 Å². The van der Waals surface area contributed by atoms with Crippen LogP contribution in [0.3, 0.4) is 0 Å². The van der Waals surface area contributed by atoms with Crippen molar-refractivity contribution in [3.05, 3.63) is 0 Å². The summed E-state index contributed by atoms with van der Waals surface area (Å²) in [6.45, 7) is 0. The molecule has 0 aromatic heterocycles. The number of thioether (sulfide) groups is 1. The summed E-state index contributed by atoms with van der Waals surface area (Å²) in [7, 11) is -3.91. The lowest BCUT2D eigenvalue weighted by atomic mass is 9.93. The third-order valence-corrected chi connectivity index (χ3v) is 7.27. The van der Waals surface area contributed by atoms with E-state index in [0.29, 0.717) is 12.2 Å². The van der Waals surface area contributed by atoms with Gasteiger partial charge < -0.3 is 21.3 Å². The van der Waals surface area contributed by atoms with Crippen LogP contribution < -0.4 is 11.1 Å². The summed E-state index contributed by atoms with van der Waals surface area (Å²) in [6, 6.07) is -0.984. The van der Waals surface area contributed by atoms with E-state index in [9.17, 15) is 27.9 Å². The molecule has 1 saturated heterocycles. The first kappa shape index (κ1) is 18.0. The lowest BCUT2D eigenvalue weighted by Gasteiger charge is -2.28. The van der Waals surface area contributed by atoms with Gasteiger partial charge in [0.1, 0.15) is 0 Å². The van der Waals surface area contributed by atoms with Crippen molar-refractivity contribution in [3.63, 3.8) is 0 Å². The highest BCUT2D eigenvalue weighted by molar-refractivity contribution is 7.98. The zero-order chi connectivity index (χ0) is 17.6. The summed E-state index contributed by atoms with van der Waals surface area (Å²) < 4.78 is 24.1. The predicted octanol–water partition coefficient (Wildman–Crippen LogP) is -1.87. The average Bonchev–Trinajstić information content (AvgIpc) is 3.15. The molecule has 0 radical (unpaired) electrons. The number of amides is 1. The number of carboxylic acid groups (broad SMARTS) is 2. The first-order valence-corrected chi connectivity index (χ1v) is 9.93. The maximum Gasteiger partial charge on any atom is 0.330 e. The van der Waals surface area contributed by atoms with E-state index >= 15 is 0 Å². The molecule has 2 aliphatic rings. The topological polar surface area (TPSA) is 164 Å². The second kappa shape index (κ2) is 5.95. The number of nitrogens with two attached hydrogens (primary N) is 1. The van der Waals surface area contributed by atoms with Crippen molar-refractivity contribution in [3.8, 4) is 0 Å². The van der Waals surface area contributed by atoms with Crippen molar-refractivity contribution < 1.29 is 33.0 Å². The standard InChI is InChI=1S/C12H18N2O7S2/c1-22-3-2-5(13)9(15)14-12(11(18)19)4-23(20,21)8-6(7(8)12)10(16)17/h5-8H,2-4,13H2,1H3,(H,14,15)(H,16,17)(H,18,19)/t5?,6?,7?,8?,12-/m0/s1. The van der Waals surface area contributed by atoms with Crippen molar-refractivity contribution >= 4 is 39.4 Å². The lowest BCUT2D eigenvalue weighted by Crippen LogP contribution is -2.61. The van der Waals surface area contributed by atoms with Crippen LogP contribution in [0.5, 0.6) is 0 Å². The van der Waals surface area contributed by atoms with Crippen LogP contribution in [0.15, 0.2) is 0 Å². The van der Waals surface area contributed by atoms with E-state index in [-0.39, 0.29) is 0 Å². The predicted molar refractivity (Wildman–Crippen MR) is 81.7 cm³/mol. The summed E-state index contributed by atoms with van der Waals surface area (Å²) in [4.78, 5) is 34.9. The molecule has 130 valence electrons. The molecule has 1 heterocycles. The molecular weight excluding hydrogens is 348 g/mol. The molecule has 0 aromatic carbocycles. The minimum Gasteiger partial charge on any atom is -0.481 e. The van der Waals surface area contributed by atoms with E-state index < -0.39 is 62.1 Å². The van der Waals surface area contributed by atoms with Crippen LogP contribution in [0.4, 0.5) is 0 Å². The van der Waals surface area contributed by atoms with Crippen molar-refractivity contribution in [2.45, 2.75) is 23.3 Å². The Morgan fingerprint density at radius 3 is 2.43 bits per heavy atom. The number of sulfone groups is 1. The molecule has 2 rings (SSSR count). The Morgan fingerprint density at radius 2 is 2.00 bits per heavy atom. The molecule has 1 amide bonds. The van der Waals surface area contributed by atoms with Gasteiger partial charge in [-0.05, 0) is 18.4 Å². The Bertz CT molecular complexity index is 650. The average molecular weight is 366 g/mol. The van der Waals surface area contributed by atoms with Gasteiger partial charge in [0.25, 0.3) is 0 Å². The summed E-state index contributed by atoms with van der Waals surface area (Å²) in [6.07, 6.45) is 2.12. The zero-order valence-electron chi connectivity index (χ0n) is 12.3. The number of aliphatic carboxylic acids is 2. The quantitative estimate of drug-likeness (QED) is 0.404. The Hall–Kier alpha value is -1.33. The maximum atomic E-state index is 12.1. The molecule has 0 spiro atoms. The number of nitrogens with one attached hydrogen (secondary N) is 1. The number of hydrogen-bond acceptors (Lipinski definition) is 7. The van der Waals surface area contributed by atoms with Crippen LogP contribution >= 0.6 is 11.8 Å². The lowest BCUT2D eigenvalue weighted by molar-refractivity contribution is -0.148. The fourth-order valence-corrected chi connectivity index (χ4v) is 6.38. The number of fused-ring (bicyclic) bond motifs is 1. The SMILES string of the molecule is CSCCC(N)C(=O)N[C@@]1(C(=O)O)CS(=O)(=O)C2C(C(=O)O)C21. The number of hydrogen-bond donors (Lipinski definition) is 4. The van der Waals surface area contributed by atoms with Gasteiger partial charge in [-0.2, -0.15) is 11.8 Å². The van der Waals surface area contributed by atoms with Gasteiger partial charge in [0, 0.05) is 5.92 Å². The van der Waals surface area contributed by atoms with Gasteiger partial charge in [0.15, 0.2) is 15.4 Å². The van der Waals surface area contributed by atoms with Crippen LogP contribution in [-0.4, -0.2) is 71.1 Å². The summed E-state index contributed by atoms with van der Waals surface area (Å²) in [5.74, 6) is -6.43. The van der Waals surface area contributed by atoms with Crippen molar-refractivity contribution in [1.29, 1.82) is 0 Å². The maximum absolute atomic E-state index is 12.1. The fourth-order valence-electron chi connectivity index (χ4n) is 3.19. The monoisotopic (exact) mass is 366 g/mol. The van der Waals surface area contributed by atoms with Gasteiger partial charge in [0.2, 0.25) is 5.91 Å². The number of rotatable bonds is 7. The van der Waals surface area contributed by atoms with Crippen LogP contribution in [0.25, 0.3) is 0 Å². The second-order valence-corrected chi connectivity index (χ2v) is 8.96. The van der Waals surface area contributed by atoms with E-state index in [2.05, 4.69) is 5.32 Å². The van der Waals surface area contributed by atoms with Crippen LogP contribution in [0, 0.1) is 11.8 Å². The van der Waals surface area contributed by atoms with E-state index in [1.165, 1.54) is 11.8 Å². The van der Waals surface area contributed by atoms with E-state index in [4.69, 9.17) is 10.8 Å². The van der Waals surface area contributed by atoms with Crippen molar-refractivity contribution in [2.75, 3.05) is 17.8 Å². The first-order chi connectivity index (χ1) is 10.6. The Labute approximate surface area is 136 Å². The smallest absolute Gasteiger partial charge is 0.330 e. The van der Waals surface area contributed by atoms with Gasteiger partial charge in [-0.25, -0.2) is 13.2 Å². The van der Waals surface area contributed by atoms with Crippen LogP contribution in [-0.2, 0) is 24.2 Å². The molecule has 2 fully saturated rings.